The number of benzene rings is 4. The number of anilines is 1. The molecule has 0 spiro atoms. The highest BCUT2D eigenvalue weighted by Gasteiger charge is 2.31. The Morgan fingerprint density at radius 3 is 1.98 bits per heavy atom. The van der Waals surface area contributed by atoms with Crippen LogP contribution in [0.4, 0.5) is 5.13 Å². The average molecular weight is 621 g/mol. The number of methoxy groups -OCH3 is 4. The highest BCUT2D eigenvalue weighted by molar-refractivity contribution is 7.91. The van der Waals surface area contributed by atoms with E-state index in [0.29, 0.717) is 34.3 Å². The van der Waals surface area contributed by atoms with Gasteiger partial charge in [0.15, 0.2) is 16.6 Å². The van der Waals surface area contributed by atoms with Gasteiger partial charge < -0.3 is 23.7 Å². The zero-order valence-electron chi connectivity index (χ0n) is 23.7. The Kier molecular flexibility index (Phi) is 8.69. The van der Waals surface area contributed by atoms with E-state index in [1.54, 1.807) is 66.7 Å². The summed E-state index contributed by atoms with van der Waals surface area (Å²) in [6.07, 6.45) is -1.37. The molecule has 0 saturated heterocycles. The summed E-state index contributed by atoms with van der Waals surface area (Å²) >= 11 is 1.23. The Morgan fingerprint density at radius 2 is 1.35 bits per heavy atom. The number of carbonyl (C=O) groups is 1. The first kappa shape index (κ1) is 29.7. The van der Waals surface area contributed by atoms with Crippen molar-refractivity contribution in [1.82, 2.24) is 4.98 Å². The van der Waals surface area contributed by atoms with Crippen LogP contribution in [0.2, 0.25) is 0 Å². The monoisotopic (exact) mass is 620 g/mol. The van der Waals surface area contributed by atoms with E-state index in [-0.39, 0.29) is 20.5 Å². The second kappa shape index (κ2) is 12.6. The Hall–Kier alpha value is -4.81. The molecule has 5 aromatic rings. The standard InChI is InChI=1S/C31H28N2O8S2/c1-37-19-9-11-21(12-10-19)41-29(30(34)33-31-32-24-17-25(39-3)26(40-4)18-27(24)42-31)23-7-5-6-8-28(23)43(35,36)22-15-13-20(38-2)14-16-22/h5-18,29H,1-4H3,(H,32,33,34). The lowest BCUT2D eigenvalue weighted by Gasteiger charge is -2.21. The van der Waals surface area contributed by atoms with Gasteiger partial charge in [0.05, 0.1) is 48.4 Å². The maximum atomic E-state index is 13.9. The molecule has 0 saturated carbocycles. The maximum absolute atomic E-state index is 13.9. The summed E-state index contributed by atoms with van der Waals surface area (Å²) in [4.78, 5) is 18.4. The van der Waals surface area contributed by atoms with Gasteiger partial charge in [0.1, 0.15) is 17.2 Å². The van der Waals surface area contributed by atoms with Gasteiger partial charge in [-0.2, -0.15) is 0 Å². The van der Waals surface area contributed by atoms with E-state index in [0.717, 1.165) is 4.70 Å². The number of hydrogen-bond acceptors (Lipinski definition) is 10. The number of fused-ring (bicyclic) bond motifs is 1. The van der Waals surface area contributed by atoms with Crippen LogP contribution in [0.15, 0.2) is 94.7 Å². The summed E-state index contributed by atoms with van der Waals surface area (Å²) in [5.74, 6) is 1.84. The fourth-order valence-corrected chi connectivity index (χ4v) is 6.72. The molecule has 1 unspecified atom stereocenters. The van der Waals surface area contributed by atoms with Crippen LogP contribution in [0.5, 0.6) is 28.7 Å². The van der Waals surface area contributed by atoms with Gasteiger partial charge in [-0.05, 0) is 54.6 Å². The average Bonchev–Trinajstić information content (AvgIpc) is 3.44. The summed E-state index contributed by atoms with van der Waals surface area (Å²) in [5.41, 5.74) is 0.740. The lowest BCUT2D eigenvalue weighted by Crippen LogP contribution is -2.27. The van der Waals surface area contributed by atoms with E-state index in [1.807, 2.05) is 0 Å². The smallest absolute Gasteiger partial charge is 0.272 e. The molecule has 0 radical (unpaired) electrons. The van der Waals surface area contributed by atoms with Crippen molar-refractivity contribution in [3.05, 3.63) is 90.5 Å². The molecule has 0 aliphatic rings. The van der Waals surface area contributed by atoms with E-state index >= 15 is 0 Å². The topological polar surface area (TPSA) is 122 Å². The van der Waals surface area contributed by atoms with E-state index in [2.05, 4.69) is 10.3 Å². The van der Waals surface area contributed by atoms with E-state index in [9.17, 15) is 13.2 Å². The van der Waals surface area contributed by atoms with Crippen molar-refractivity contribution in [3.63, 3.8) is 0 Å². The van der Waals surface area contributed by atoms with Crippen molar-refractivity contribution in [3.8, 4) is 28.7 Å². The number of nitrogens with zero attached hydrogens (tertiary/aromatic N) is 1. The molecule has 0 bridgehead atoms. The zero-order valence-corrected chi connectivity index (χ0v) is 25.3. The molecule has 5 rings (SSSR count). The third-order valence-corrected chi connectivity index (χ3v) is 9.31. The molecular formula is C31H28N2O8S2. The number of sulfone groups is 1. The molecule has 10 nitrogen and oxygen atoms in total. The van der Waals surface area contributed by atoms with Gasteiger partial charge in [-0.1, -0.05) is 29.5 Å². The number of ether oxygens (including phenoxy) is 5. The number of carbonyl (C=O) groups excluding carboxylic acids is 1. The molecule has 1 atom stereocenters. The fraction of sp³-hybridized carbons (Fsp3) is 0.161. The minimum absolute atomic E-state index is 0.0402. The highest BCUT2D eigenvalue weighted by Crippen LogP contribution is 2.37. The SMILES string of the molecule is COc1ccc(OC(C(=O)Nc2nc3cc(OC)c(OC)cc3s2)c2ccccc2S(=O)(=O)c2ccc(OC)cc2)cc1. The van der Waals surface area contributed by atoms with Crippen molar-refractivity contribution in [2.45, 2.75) is 15.9 Å². The third-order valence-electron chi connectivity index (χ3n) is 6.54. The number of nitrogens with one attached hydrogen (secondary N) is 1. The van der Waals surface area contributed by atoms with Gasteiger partial charge in [-0.25, -0.2) is 13.4 Å². The first-order chi connectivity index (χ1) is 20.8. The molecule has 222 valence electrons. The highest BCUT2D eigenvalue weighted by atomic mass is 32.2. The molecule has 1 amide bonds. The van der Waals surface area contributed by atoms with Crippen LogP contribution < -0.4 is 29.0 Å². The number of amides is 1. The first-order valence-electron chi connectivity index (χ1n) is 12.9. The van der Waals surface area contributed by atoms with Crippen molar-refractivity contribution < 1.29 is 36.9 Å². The zero-order chi connectivity index (χ0) is 30.6. The molecule has 0 fully saturated rings. The van der Waals surface area contributed by atoms with Gasteiger partial charge in [0.2, 0.25) is 15.9 Å². The van der Waals surface area contributed by atoms with Crippen LogP contribution >= 0.6 is 11.3 Å². The minimum Gasteiger partial charge on any atom is -0.497 e. The predicted octanol–water partition coefficient (Wildman–Crippen LogP) is 5.92. The van der Waals surface area contributed by atoms with Crippen molar-refractivity contribution in [1.29, 1.82) is 0 Å². The first-order valence-corrected chi connectivity index (χ1v) is 15.2. The summed E-state index contributed by atoms with van der Waals surface area (Å²) in [5, 5.41) is 3.09. The Morgan fingerprint density at radius 1 is 0.767 bits per heavy atom. The van der Waals surface area contributed by atoms with Gasteiger partial charge in [0, 0.05) is 17.7 Å². The Labute approximate surface area is 252 Å². The molecule has 12 heteroatoms. The van der Waals surface area contributed by atoms with Crippen LogP contribution in [0, 0.1) is 0 Å². The van der Waals surface area contributed by atoms with E-state index in [1.165, 1.54) is 58.0 Å². The van der Waals surface area contributed by atoms with Crippen molar-refractivity contribution in [2.75, 3.05) is 33.8 Å². The molecule has 0 aliphatic carbocycles. The van der Waals surface area contributed by atoms with Gasteiger partial charge in [-0.3, -0.25) is 10.1 Å². The summed E-state index contributed by atoms with van der Waals surface area (Å²) < 4.78 is 55.7. The van der Waals surface area contributed by atoms with E-state index in [4.69, 9.17) is 23.7 Å². The summed E-state index contributed by atoms with van der Waals surface area (Å²) in [6, 6.07) is 22.4. The summed E-state index contributed by atoms with van der Waals surface area (Å²) in [6.45, 7) is 0. The summed E-state index contributed by atoms with van der Waals surface area (Å²) in [7, 11) is 2.03. The van der Waals surface area contributed by atoms with Crippen LogP contribution in [-0.2, 0) is 14.6 Å². The largest absolute Gasteiger partial charge is 0.497 e. The second-order valence-corrected chi connectivity index (χ2v) is 12.0. The van der Waals surface area contributed by atoms with Gasteiger partial charge in [-0.15, -0.1) is 0 Å². The number of hydrogen-bond donors (Lipinski definition) is 1. The van der Waals surface area contributed by atoms with Crippen LogP contribution in [0.25, 0.3) is 10.2 Å². The van der Waals surface area contributed by atoms with E-state index < -0.39 is 21.8 Å². The molecule has 1 aromatic heterocycles. The molecule has 1 heterocycles. The lowest BCUT2D eigenvalue weighted by atomic mass is 10.1. The van der Waals surface area contributed by atoms with Gasteiger partial charge in [0.25, 0.3) is 5.91 Å². The molecule has 1 N–H and O–H groups in total. The van der Waals surface area contributed by atoms with Crippen LogP contribution in [-0.4, -0.2) is 47.7 Å². The fourth-order valence-electron chi connectivity index (χ4n) is 4.35. The molecule has 4 aromatic carbocycles. The number of aromatic nitrogens is 1. The lowest BCUT2D eigenvalue weighted by molar-refractivity contribution is -0.123. The second-order valence-electron chi connectivity index (χ2n) is 9.07. The molecular weight excluding hydrogens is 592 g/mol. The van der Waals surface area contributed by atoms with Crippen LogP contribution in [0.3, 0.4) is 0 Å². The number of rotatable bonds is 11. The minimum atomic E-state index is -4.06. The van der Waals surface area contributed by atoms with Crippen molar-refractivity contribution in [2.24, 2.45) is 0 Å². The normalized spacial score (nSPS) is 11.9. The Balaban J connectivity index is 1.55. The van der Waals surface area contributed by atoms with Crippen molar-refractivity contribution >= 4 is 42.4 Å². The predicted molar refractivity (Wildman–Crippen MR) is 163 cm³/mol. The molecule has 0 aliphatic heterocycles. The number of thiazole rings is 1. The molecule has 43 heavy (non-hydrogen) atoms. The van der Waals surface area contributed by atoms with Crippen LogP contribution in [0.1, 0.15) is 11.7 Å². The quantitative estimate of drug-likeness (QED) is 0.192. The maximum Gasteiger partial charge on any atom is 0.272 e. The van der Waals surface area contributed by atoms with Gasteiger partial charge >= 0.3 is 0 Å². The Bertz CT molecular complexity index is 1810. The third kappa shape index (κ3) is 6.20.